The third-order valence-corrected chi connectivity index (χ3v) is 2.55. The summed E-state index contributed by atoms with van der Waals surface area (Å²) in [6.45, 7) is 0.239. The summed E-state index contributed by atoms with van der Waals surface area (Å²) < 4.78 is 9.57. The van der Waals surface area contributed by atoms with Gasteiger partial charge in [0, 0.05) is 11.4 Å². The smallest absolute Gasteiger partial charge is 0.347 e. The second-order valence-corrected chi connectivity index (χ2v) is 3.95. The van der Waals surface area contributed by atoms with Crippen LogP contribution >= 0.6 is 11.6 Å². The van der Waals surface area contributed by atoms with Gasteiger partial charge in [-0.15, -0.1) is 0 Å². The molecule has 0 unspecified atom stereocenters. The van der Waals surface area contributed by atoms with Crippen LogP contribution in [0, 0.1) is 0 Å². The van der Waals surface area contributed by atoms with Gasteiger partial charge in [0.2, 0.25) is 6.10 Å². The first-order valence-corrected chi connectivity index (χ1v) is 5.32. The summed E-state index contributed by atoms with van der Waals surface area (Å²) >= 11 is 5.63. The van der Waals surface area contributed by atoms with E-state index >= 15 is 0 Å². The largest absolute Gasteiger partial charge is 0.507 e. The highest BCUT2D eigenvalue weighted by Gasteiger charge is 2.31. The molecule has 0 bridgehead atoms. The summed E-state index contributed by atoms with van der Waals surface area (Å²) in [7, 11) is 0. The van der Waals surface area contributed by atoms with E-state index in [0.29, 0.717) is 11.4 Å². The van der Waals surface area contributed by atoms with Gasteiger partial charge in [-0.25, -0.2) is 9.59 Å². The maximum Gasteiger partial charge on any atom is 0.347 e. The summed E-state index contributed by atoms with van der Waals surface area (Å²) in [6, 6.07) is 4.01. The molecule has 1 saturated heterocycles. The van der Waals surface area contributed by atoms with E-state index in [-0.39, 0.29) is 17.9 Å². The highest BCUT2D eigenvalue weighted by atomic mass is 35.5. The van der Waals surface area contributed by atoms with Crippen LogP contribution in [0.5, 0.6) is 5.75 Å². The Balaban J connectivity index is 2.11. The fraction of sp³-hybridized carbons (Fsp3) is 0.273. The van der Waals surface area contributed by atoms with Gasteiger partial charge >= 0.3 is 11.9 Å². The summed E-state index contributed by atoms with van der Waals surface area (Å²) in [5, 5.41) is 9.81. The summed E-state index contributed by atoms with van der Waals surface area (Å²) in [4.78, 5) is 22.7. The number of rotatable bonds is 2. The van der Waals surface area contributed by atoms with Crippen molar-refractivity contribution in [3.05, 3.63) is 28.8 Å². The van der Waals surface area contributed by atoms with Crippen molar-refractivity contribution in [3.63, 3.8) is 0 Å². The second kappa shape index (κ2) is 4.63. The topological polar surface area (TPSA) is 72.8 Å². The molecule has 0 saturated carbocycles. The Labute approximate surface area is 102 Å². The van der Waals surface area contributed by atoms with E-state index in [4.69, 9.17) is 16.3 Å². The lowest BCUT2D eigenvalue weighted by Gasteiger charge is -2.09. The zero-order valence-corrected chi connectivity index (χ0v) is 9.44. The highest BCUT2D eigenvalue weighted by molar-refractivity contribution is 6.30. The quantitative estimate of drug-likeness (QED) is 0.812. The molecule has 1 aliphatic rings. The number of hydrogen-bond acceptors (Lipinski definition) is 5. The SMILES string of the molecule is O=C(O[C@H]1CCOC1=O)c1ccc(Cl)cc1O. The van der Waals surface area contributed by atoms with E-state index in [9.17, 15) is 14.7 Å². The van der Waals surface area contributed by atoms with E-state index in [1.54, 1.807) is 0 Å². The highest BCUT2D eigenvalue weighted by Crippen LogP contribution is 2.23. The minimum absolute atomic E-state index is 0.0332. The number of cyclic esters (lactones) is 1. The number of esters is 2. The third-order valence-electron chi connectivity index (χ3n) is 2.32. The summed E-state index contributed by atoms with van der Waals surface area (Å²) in [5.41, 5.74) is -0.0332. The van der Waals surface area contributed by atoms with E-state index < -0.39 is 18.0 Å². The molecule has 1 N–H and O–H groups in total. The molecule has 5 nitrogen and oxygen atoms in total. The van der Waals surface area contributed by atoms with Crippen molar-refractivity contribution in [2.75, 3.05) is 6.61 Å². The van der Waals surface area contributed by atoms with Gasteiger partial charge in [0.15, 0.2) is 0 Å². The lowest BCUT2D eigenvalue weighted by atomic mass is 10.2. The Morgan fingerprint density at radius 2 is 2.29 bits per heavy atom. The first-order valence-electron chi connectivity index (χ1n) is 4.94. The maximum absolute atomic E-state index is 11.6. The van der Waals surface area contributed by atoms with Crippen LogP contribution in [0.25, 0.3) is 0 Å². The van der Waals surface area contributed by atoms with Gasteiger partial charge in [0.05, 0.1) is 6.61 Å². The molecular formula is C11H9ClO5. The predicted molar refractivity (Wildman–Crippen MR) is 57.9 cm³/mol. The number of hydrogen-bond donors (Lipinski definition) is 1. The molecule has 0 amide bonds. The number of carbonyl (C=O) groups excluding carboxylic acids is 2. The molecule has 0 radical (unpaired) electrons. The van der Waals surface area contributed by atoms with Crippen LogP contribution in [0.2, 0.25) is 5.02 Å². The van der Waals surface area contributed by atoms with Crippen LogP contribution in [-0.4, -0.2) is 29.8 Å². The van der Waals surface area contributed by atoms with Crippen LogP contribution < -0.4 is 0 Å². The average molecular weight is 257 g/mol. The van der Waals surface area contributed by atoms with E-state index in [0.717, 1.165) is 0 Å². The molecule has 0 aromatic heterocycles. The molecule has 90 valence electrons. The lowest BCUT2D eigenvalue weighted by molar-refractivity contribution is -0.145. The molecular weight excluding hydrogens is 248 g/mol. The first-order chi connectivity index (χ1) is 8.08. The van der Waals surface area contributed by atoms with Crippen molar-refractivity contribution in [2.45, 2.75) is 12.5 Å². The molecule has 1 aliphatic heterocycles. The Kier molecular flexibility index (Phi) is 3.19. The number of aromatic hydroxyl groups is 1. The van der Waals surface area contributed by atoms with Crippen LogP contribution in [0.1, 0.15) is 16.8 Å². The number of carbonyl (C=O) groups is 2. The van der Waals surface area contributed by atoms with Crippen molar-refractivity contribution in [1.82, 2.24) is 0 Å². The molecule has 1 atom stereocenters. The minimum Gasteiger partial charge on any atom is -0.507 e. The molecule has 1 fully saturated rings. The number of benzene rings is 1. The normalized spacial score (nSPS) is 18.9. The van der Waals surface area contributed by atoms with Gasteiger partial charge in [-0.1, -0.05) is 11.6 Å². The lowest BCUT2D eigenvalue weighted by Crippen LogP contribution is -2.22. The molecule has 6 heteroatoms. The van der Waals surface area contributed by atoms with Crippen LogP contribution in [0.3, 0.4) is 0 Å². The van der Waals surface area contributed by atoms with E-state index in [2.05, 4.69) is 4.74 Å². The number of halogens is 1. The summed E-state index contributed by atoms with van der Waals surface area (Å²) in [5.74, 6) is -1.62. The molecule has 2 rings (SSSR count). The first kappa shape index (κ1) is 11.7. The number of phenols is 1. The van der Waals surface area contributed by atoms with Gasteiger partial charge in [-0.2, -0.15) is 0 Å². The van der Waals surface area contributed by atoms with Crippen molar-refractivity contribution in [1.29, 1.82) is 0 Å². The van der Waals surface area contributed by atoms with Gasteiger partial charge < -0.3 is 14.6 Å². The van der Waals surface area contributed by atoms with E-state index in [1.165, 1.54) is 18.2 Å². The maximum atomic E-state index is 11.6. The second-order valence-electron chi connectivity index (χ2n) is 3.51. The molecule has 1 aromatic carbocycles. The van der Waals surface area contributed by atoms with Crippen molar-refractivity contribution < 1.29 is 24.2 Å². The Bertz CT molecular complexity index is 471. The fourth-order valence-electron chi connectivity index (χ4n) is 1.45. The average Bonchev–Trinajstić information content (AvgIpc) is 2.64. The zero-order valence-electron chi connectivity index (χ0n) is 8.68. The Morgan fingerprint density at radius 1 is 1.53 bits per heavy atom. The van der Waals surface area contributed by atoms with Gasteiger partial charge in [0.1, 0.15) is 11.3 Å². The predicted octanol–water partition coefficient (Wildman–Crippen LogP) is 1.52. The Morgan fingerprint density at radius 3 is 2.88 bits per heavy atom. The molecule has 0 aliphatic carbocycles. The van der Waals surface area contributed by atoms with Gasteiger partial charge in [0.25, 0.3) is 0 Å². The van der Waals surface area contributed by atoms with Crippen molar-refractivity contribution >= 4 is 23.5 Å². The molecule has 0 spiro atoms. The molecule has 17 heavy (non-hydrogen) atoms. The number of phenolic OH excluding ortho intramolecular Hbond substituents is 1. The van der Waals surface area contributed by atoms with Gasteiger partial charge in [-0.3, -0.25) is 0 Å². The van der Waals surface area contributed by atoms with Crippen LogP contribution in [0.15, 0.2) is 18.2 Å². The molecule has 1 heterocycles. The van der Waals surface area contributed by atoms with Crippen molar-refractivity contribution in [3.8, 4) is 5.75 Å². The van der Waals surface area contributed by atoms with Crippen LogP contribution in [0.4, 0.5) is 0 Å². The third kappa shape index (κ3) is 2.50. The zero-order chi connectivity index (χ0) is 12.4. The van der Waals surface area contributed by atoms with Crippen molar-refractivity contribution in [2.24, 2.45) is 0 Å². The van der Waals surface area contributed by atoms with Crippen LogP contribution in [-0.2, 0) is 14.3 Å². The number of ether oxygens (including phenoxy) is 2. The van der Waals surface area contributed by atoms with E-state index in [1.807, 2.05) is 0 Å². The van der Waals surface area contributed by atoms with Gasteiger partial charge in [-0.05, 0) is 18.2 Å². The Hall–Kier alpha value is -1.75. The minimum atomic E-state index is -0.891. The monoisotopic (exact) mass is 256 g/mol. The standard InChI is InChI=1S/C11H9ClO5/c12-6-1-2-7(8(13)5-6)10(14)17-9-3-4-16-11(9)15/h1-2,5,9,13H,3-4H2/t9-/m0/s1. The summed E-state index contributed by atoms with van der Waals surface area (Å²) in [6.07, 6.45) is -0.559. The molecule has 1 aromatic rings. The fourth-order valence-corrected chi connectivity index (χ4v) is 1.62.